The molecule has 2 nitrogen and oxygen atoms in total. The minimum atomic E-state index is -0.579. The Bertz CT molecular complexity index is 224. The summed E-state index contributed by atoms with van der Waals surface area (Å²) in [5.41, 5.74) is 0. The third-order valence-corrected chi connectivity index (χ3v) is 1.42. The summed E-state index contributed by atoms with van der Waals surface area (Å²) in [5, 5.41) is 0. The van der Waals surface area contributed by atoms with Crippen molar-refractivity contribution in [1.82, 2.24) is 0 Å². The molecule has 0 atom stereocenters. The molecular formula is C8H6O2. The van der Waals surface area contributed by atoms with Gasteiger partial charge in [0.25, 0.3) is 0 Å². The molecule has 0 amide bonds. The number of terminal acetylenes is 1. The van der Waals surface area contributed by atoms with Crippen molar-refractivity contribution in [3.05, 3.63) is 12.2 Å². The first-order valence-corrected chi connectivity index (χ1v) is 2.95. The number of carbonyl (C=O) groups is 2. The van der Waals surface area contributed by atoms with Crippen molar-refractivity contribution in [2.24, 2.45) is 5.92 Å². The molecule has 0 aromatic carbocycles. The molecule has 0 unspecified atom stereocenters. The number of carbonyl (C=O) groups excluding carboxylic acids is 2. The number of hydrogen-bond acceptors (Lipinski definition) is 2. The Morgan fingerprint density at radius 1 is 1.40 bits per heavy atom. The summed E-state index contributed by atoms with van der Waals surface area (Å²) in [6.07, 6.45) is 7.74. The van der Waals surface area contributed by atoms with Gasteiger partial charge in [-0.25, -0.2) is 0 Å². The monoisotopic (exact) mass is 134 g/mol. The lowest BCUT2D eigenvalue weighted by atomic mass is 10.0. The van der Waals surface area contributed by atoms with Gasteiger partial charge in [0, 0.05) is 6.42 Å². The Hall–Kier alpha value is -1.36. The van der Waals surface area contributed by atoms with Gasteiger partial charge in [-0.15, -0.1) is 12.3 Å². The average molecular weight is 134 g/mol. The topological polar surface area (TPSA) is 34.1 Å². The van der Waals surface area contributed by atoms with E-state index >= 15 is 0 Å². The van der Waals surface area contributed by atoms with E-state index < -0.39 is 5.92 Å². The lowest BCUT2D eigenvalue weighted by molar-refractivity contribution is -0.125. The summed E-state index contributed by atoms with van der Waals surface area (Å²) in [6, 6.07) is 0. The van der Waals surface area contributed by atoms with Crippen LogP contribution < -0.4 is 0 Å². The molecule has 0 bridgehead atoms. The van der Waals surface area contributed by atoms with E-state index in [-0.39, 0.29) is 18.0 Å². The van der Waals surface area contributed by atoms with Gasteiger partial charge in [0.1, 0.15) is 0 Å². The van der Waals surface area contributed by atoms with Crippen LogP contribution in [0.15, 0.2) is 12.2 Å². The van der Waals surface area contributed by atoms with Crippen LogP contribution in [0.1, 0.15) is 6.42 Å². The molecular weight excluding hydrogens is 128 g/mol. The fourth-order valence-electron chi connectivity index (χ4n) is 0.856. The molecule has 0 saturated carbocycles. The highest BCUT2D eigenvalue weighted by Crippen LogP contribution is 2.13. The van der Waals surface area contributed by atoms with Gasteiger partial charge in [-0.05, 0) is 12.2 Å². The van der Waals surface area contributed by atoms with Crippen LogP contribution in [0, 0.1) is 18.3 Å². The molecule has 10 heavy (non-hydrogen) atoms. The Balaban J connectivity index is 2.72. The van der Waals surface area contributed by atoms with E-state index in [1.165, 1.54) is 12.2 Å². The summed E-state index contributed by atoms with van der Waals surface area (Å²) in [4.78, 5) is 21.5. The Kier molecular flexibility index (Phi) is 1.68. The average Bonchev–Trinajstić information content (AvgIpc) is 2.20. The van der Waals surface area contributed by atoms with Crippen LogP contribution in [-0.2, 0) is 9.59 Å². The van der Waals surface area contributed by atoms with Crippen LogP contribution in [0.3, 0.4) is 0 Å². The normalized spacial score (nSPS) is 17.9. The van der Waals surface area contributed by atoms with E-state index in [0.717, 1.165) is 0 Å². The number of allylic oxidation sites excluding steroid dienone is 2. The first-order chi connectivity index (χ1) is 4.75. The van der Waals surface area contributed by atoms with E-state index in [2.05, 4.69) is 5.92 Å². The van der Waals surface area contributed by atoms with Crippen molar-refractivity contribution in [3.63, 3.8) is 0 Å². The fourth-order valence-corrected chi connectivity index (χ4v) is 0.856. The van der Waals surface area contributed by atoms with Crippen molar-refractivity contribution >= 4 is 11.6 Å². The van der Waals surface area contributed by atoms with Crippen LogP contribution in [-0.4, -0.2) is 11.6 Å². The van der Waals surface area contributed by atoms with Crippen molar-refractivity contribution in [3.8, 4) is 12.3 Å². The molecule has 1 aliphatic rings. The van der Waals surface area contributed by atoms with E-state index in [9.17, 15) is 9.59 Å². The summed E-state index contributed by atoms with van der Waals surface area (Å²) >= 11 is 0. The van der Waals surface area contributed by atoms with Gasteiger partial charge in [0.05, 0.1) is 5.92 Å². The Labute approximate surface area is 58.9 Å². The van der Waals surface area contributed by atoms with Gasteiger partial charge >= 0.3 is 0 Å². The van der Waals surface area contributed by atoms with E-state index in [0.29, 0.717) is 0 Å². The van der Waals surface area contributed by atoms with E-state index in [1.807, 2.05) is 0 Å². The van der Waals surface area contributed by atoms with Gasteiger partial charge in [-0.2, -0.15) is 0 Å². The molecule has 1 aliphatic carbocycles. The largest absolute Gasteiger partial charge is 0.294 e. The molecule has 0 aromatic rings. The van der Waals surface area contributed by atoms with Crippen LogP contribution >= 0.6 is 0 Å². The quantitative estimate of drug-likeness (QED) is 0.382. The number of rotatable bonds is 1. The van der Waals surface area contributed by atoms with Crippen molar-refractivity contribution < 1.29 is 9.59 Å². The molecule has 0 N–H and O–H groups in total. The zero-order valence-electron chi connectivity index (χ0n) is 5.33. The fraction of sp³-hybridized carbons (Fsp3) is 0.250. The molecule has 1 rings (SSSR count). The maximum atomic E-state index is 10.8. The molecule has 0 heterocycles. The number of ketones is 2. The summed E-state index contributed by atoms with van der Waals surface area (Å²) in [5.74, 6) is 1.38. The van der Waals surface area contributed by atoms with Gasteiger partial charge < -0.3 is 0 Å². The van der Waals surface area contributed by atoms with Crippen molar-refractivity contribution in [1.29, 1.82) is 0 Å². The van der Waals surface area contributed by atoms with E-state index in [4.69, 9.17) is 6.42 Å². The summed E-state index contributed by atoms with van der Waals surface area (Å²) < 4.78 is 0. The molecule has 0 aromatic heterocycles. The highest BCUT2D eigenvalue weighted by Gasteiger charge is 2.26. The second-order valence-corrected chi connectivity index (χ2v) is 2.10. The highest BCUT2D eigenvalue weighted by atomic mass is 16.2. The number of hydrogen-bond donors (Lipinski definition) is 0. The smallest absolute Gasteiger partial charge is 0.167 e. The Morgan fingerprint density at radius 2 is 1.90 bits per heavy atom. The first kappa shape index (κ1) is 6.76. The predicted octanol–water partition coefficient (Wildman–Crippen LogP) is 0.334. The third kappa shape index (κ3) is 0.985. The van der Waals surface area contributed by atoms with Gasteiger partial charge in [0.2, 0.25) is 0 Å². The van der Waals surface area contributed by atoms with E-state index in [1.54, 1.807) is 0 Å². The van der Waals surface area contributed by atoms with Crippen LogP contribution in [0.5, 0.6) is 0 Å². The van der Waals surface area contributed by atoms with Gasteiger partial charge in [0.15, 0.2) is 11.6 Å². The molecule has 0 fully saturated rings. The summed E-state index contributed by atoms with van der Waals surface area (Å²) in [6.45, 7) is 0. The minimum Gasteiger partial charge on any atom is -0.294 e. The second-order valence-electron chi connectivity index (χ2n) is 2.10. The SMILES string of the molecule is C#CCC1C(=O)C=CC1=O. The first-order valence-electron chi connectivity index (χ1n) is 2.95. The molecule has 50 valence electrons. The van der Waals surface area contributed by atoms with Gasteiger partial charge in [-0.1, -0.05) is 0 Å². The molecule has 0 spiro atoms. The van der Waals surface area contributed by atoms with Gasteiger partial charge in [-0.3, -0.25) is 9.59 Å². The predicted molar refractivity (Wildman–Crippen MR) is 36.1 cm³/mol. The second kappa shape index (κ2) is 2.49. The van der Waals surface area contributed by atoms with Crippen molar-refractivity contribution in [2.45, 2.75) is 6.42 Å². The minimum absolute atomic E-state index is 0.164. The Morgan fingerprint density at radius 3 is 2.30 bits per heavy atom. The van der Waals surface area contributed by atoms with Crippen LogP contribution in [0.4, 0.5) is 0 Å². The lowest BCUT2D eigenvalue weighted by Gasteiger charge is -1.97. The lowest BCUT2D eigenvalue weighted by Crippen LogP contribution is -2.13. The van der Waals surface area contributed by atoms with Crippen LogP contribution in [0.2, 0.25) is 0 Å². The molecule has 0 saturated heterocycles. The van der Waals surface area contributed by atoms with Crippen LogP contribution in [0.25, 0.3) is 0 Å². The van der Waals surface area contributed by atoms with Crippen molar-refractivity contribution in [2.75, 3.05) is 0 Å². The maximum Gasteiger partial charge on any atom is 0.167 e. The third-order valence-electron chi connectivity index (χ3n) is 1.42. The summed E-state index contributed by atoms with van der Waals surface area (Å²) in [7, 11) is 0. The standard InChI is InChI=1S/C8H6O2/c1-2-3-6-7(9)4-5-8(6)10/h1,4-6H,3H2. The molecule has 0 aliphatic heterocycles. The zero-order valence-corrected chi connectivity index (χ0v) is 5.33. The molecule has 2 heteroatoms. The maximum absolute atomic E-state index is 10.8. The molecule has 0 radical (unpaired) electrons. The zero-order chi connectivity index (χ0) is 7.56. The highest BCUT2D eigenvalue weighted by molar-refractivity contribution is 6.18.